The van der Waals surface area contributed by atoms with Crippen molar-refractivity contribution in [3.05, 3.63) is 0 Å². The highest BCUT2D eigenvalue weighted by molar-refractivity contribution is 7.87. The Kier molecular flexibility index (Phi) is 4.30. The Morgan fingerprint density at radius 2 is 1.81 bits per heavy atom. The first-order valence-corrected chi connectivity index (χ1v) is 7.14. The molecule has 0 aromatic rings. The predicted molar refractivity (Wildman–Crippen MR) is 61.8 cm³/mol. The molecule has 0 amide bonds. The predicted octanol–water partition coefficient (Wildman–Crippen LogP) is 0.999. The van der Waals surface area contributed by atoms with Crippen LogP contribution in [0.15, 0.2) is 0 Å². The summed E-state index contributed by atoms with van der Waals surface area (Å²) < 4.78 is 27.9. The Bertz CT molecular complexity index is 362. The van der Waals surface area contributed by atoms with Crippen LogP contribution in [0.5, 0.6) is 0 Å². The molecule has 0 spiro atoms. The van der Waals surface area contributed by atoms with Crippen molar-refractivity contribution in [1.29, 1.82) is 5.26 Å². The molecular formula is C10H19N3O2S. The molecule has 0 bridgehead atoms. The lowest BCUT2D eigenvalue weighted by molar-refractivity contribution is 0.407. The number of rotatable bonds is 5. The van der Waals surface area contributed by atoms with Crippen LogP contribution < -0.4 is 4.72 Å². The van der Waals surface area contributed by atoms with Gasteiger partial charge in [-0.3, -0.25) is 0 Å². The van der Waals surface area contributed by atoms with Gasteiger partial charge in [-0.15, -0.1) is 0 Å². The van der Waals surface area contributed by atoms with Gasteiger partial charge in [-0.05, 0) is 25.7 Å². The molecule has 0 atom stereocenters. The smallest absolute Gasteiger partial charge is 0.196 e. The van der Waals surface area contributed by atoms with E-state index in [0.29, 0.717) is 25.9 Å². The van der Waals surface area contributed by atoms with Crippen molar-refractivity contribution in [2.45, 2.75) is 45.1 Å². The summed E-state index contributed by atoms with van der Waals surface area (Å²) in [7, 11) is -3.49. The Hall–Kier alpha value is -0.640. The van der Waals surface area contributed by atoms with Crippen LogP contribution in [-0.2, 0) is 10.2 Å². The molecule has 0 aliphatic carbocycles. The molecular weight excluding hydrogens is 226 g/mol. The monoisotopic (exact) mass is 245 g/mol. The van der Waals surface area contributed by atoms with E-state index in [1.54, 1.807) is 0 Å². The topological polar surface area (TPSA) is 73.2 Å². The zero-order valence-electron chi connectivity index (χ0n) is 9.86. The molecule has 5 nitrogen and oxygen atoms in total. The van der Waals surface area contributed by atoms with Crippen LogP contribution in [0.3, 0.4) is 0 Å². The van der Waals surface area contributed by atoms with Crippen molar-refractivity contribution in [3.63, 3.8) is 0 Å². The fourth-order valence-electron chi connectivity index (χ4n) is 1.82. The van der Waals surface area contributed by atoms with Crippen LogP contribution in [0, 0.1) is 11.3 Å². The van der Waals surface area contributed by atoms with Gasteiger partial charge in [0.1, 0.15) is 5.54 Å². The average molecular weight is 245 g/mol. The minimum Gasteiger partial charge on any atom is -0.196 e. The summed E-state index contributed by atoms with van der Waals surface area (Å²) in [6.45, 7) is 4.76. The summed E-state index contributed by atoms with van der Waals surface area (Å²) in [5.74, 6) is 0. The fourth-order valence-corrected chi connectivity index (χ4v) is 3.51. The summed E-state index contributed by atoms with van der Waals surface area (Å²) in [4.78, 5) is 0. The molecule has 1 aliphatic heterocycles. The Labute approximate surface area is 97.6 Å². The molecule has 0 radical (unpaired) electrons. The van der Waals surface area contributed by atoms with E-state index in [9.17, 15) is 8.42 Å². The third-order valence-corrected chi connectivity index (χ3v) is 4.84. The van der Waals surface area contributed by atoms with E-state index in [1.807, 2.05) is 13.8 Å². The van der Waals surface area contributed by atoms with E-state index in [1.165, 1.54) is 4.31 Å². The second kappa shape index (κ2) is 5.13. The SMILES string of the molecule is CCC(C#N)(CC)NS(=O)(=O)N1CCCC1. The van der Waals surface area contributed by atoms with E-state index in [0.717, 1.165) is 12.8 Å². The van der Waals surface area contributed by atoms with Gasteiger partial charge >= 0.3 is 0 Å². The molecule has 0 aromatic heterocycles. The first-order valence-electron chi connectivity index (χ1n) is 5.70. The highest BCUT2D eigenvalue weighted by Crippen LogP contribution is 2.19. The minimum absolute atomic E-state index is 0.479. The van der Waals surface area contributed by atoms with E-state index >= 15 is 0 Å². The standard InChI is InChI=1S/C10H19N3O2S/c1-3-10(4-2,9-11)12-16(14,15)13-7-5-6-8-13/h12H,3-8H2,1-2H3. The van der Waals surface area contributed by atoms with Gasteiger partial charge in [0.15, 0.2) is 0 Å². The third kappa shape index (κ3) is 2.73. The van der Waals surface area contributed by atoms with Gasteiger partial charge in [0.25, 0.3) is 10.2 Å². The van der Waals surface area contributed by atoms with Gasteiger partial charge in [0.05, 0.1) is 6.07 Å². The molecule has 92 valence electrons. The lowest BCUT2D eigenvalue weighted by Gasteiger charge is -2.27. The summed E-state index contributed by atoms with van der Waals surface area (Å²) in [6, 6.07) is 2.08. The number of nitrogens with zero attached hydrogens (tertiary/aromatic N) is 2. The molecule has 6 heteroatoms. The van der Waals surface area contributed by atoms with Crippen LogP contribution in [0.4, 0.5) is 0 Å². The Morgan fingerprint density at radius 3 is 2.19 bits per heavy atom. The number of hydrogen-bond acceptors (Lipinski definition) is 3. The number of nitrogens with one attached hydrogen (secondary N) is 1. The first kappa shape index (κ1) is 13.4. The van der Waals surface area contributed by atoms with Crippen LogP contribution >= 0.6 is 0 Å². The molecule has 1 saturated heterocycles. The van der Waals surface area contributed by atoms with Gasteiger partial charge in [0, 0.05) is 13.1 Å². The van der Waals surface area contributed by atoms with Crippen LogP contribution in [0.2, 0.25) is 0 Å². The van der Waals surface area contributed by atoms with E-state index in [4.69, 9.17) is 5.26 Å². The van der Waals surface area contributed by atoms with Gasteiger partial charge in [0.2, 0.25) is 0 Å². The molecule has 1 aliphatic rings. The van der Waals surface area contributed by atoms with Gasteiger partial charge in [-0.25, -0.2) is 0 Å². The number of nitriles is 1. The lowest BCUT2D eigenvalue weighted by atomic mass is 9.97. The Balaban J connectivity index is 2.82. The maximum atomic E-state index is 12.0. The van der Waals surface area contributed by atoms with E-state index < -0.39 is 15.7 Å². The second-order valence-corrected chi connectivity index (χ2v) is 5.78. The first-order chi connectivity index (χ1) is 7.49. The molecule has 16 heavy (non-hydrogen) atoms. The molecule has 1 rings (SSSR count). The van der Waals surface area contributed by atoms with E-state index in [2.05, 4.69) is 10.8 Å². The number of hydrogen-bond donors (Lipinski definition) is 1. The fraction of sp³-hybridized carbons (Fsp3) is 0.900. The maximum absolute atomic E-state index is 12.0. The Morgan fingerprint density at radius 1 is 1.31 bits per heavy atom. The third-order valence-electron chi connectivity index (χ3n) is 3.15. The van der Waals surface area contributed by atoms with Crippen molar-refractivity contribution in [1.82, 2.24) is 9.03 Å². The van der Waals surface area contributed by atoms with E-state index in [-0.39, 0.29) is 0 Å². The van der Waals surface area contributed by atoms with Crippen molar-refractivity contribution in [2.24, 2.45) is 0 Å². The molecule has 1 N–H and O–H groups in total. The normalized spacial score (nSPS) is 18.6. The molecule has 1 fully saturated rings. The molecule has 1 heterocycles. The maximum Gasteiger partial charge on any atom is 0.280 e. The minimum atomic E-state index is -3.49. The van der Waals surface area contributed by atoms with Crippen LogP contribution in [-0.4, -0.2) is 31.4 Å². The van der Waals surface area contributed by atoms with Crippen molar-refractivity contribution in [2.75, 3.05) is 13.1 Å². The zero-order chi connectivity index (χ0) is 12.2. The average Bonchev–Trinajstić information content (AvgIpc) is 2.80. The van der Waals surface area contributed by atoms with Crippen LogP contribution in [0.1, 0.15) is 39.5 Å². The summed E-state index contributed by atoms with van der Waals surface area (Å²) in [5, 5.41) is 9.09. The van der Waals surface area contributed by atoms with Crippen molar-refractivity contribution in [3.8, 4) is 6.07 Å². The zero-order valence-corrected chi connectivity index (χ0v) is 10.7. The summed E-state index contributed by atoms with van der Waals surface area (Å²) in [5.41, 5.74) is -0.957. The highest BCUT2D eigenvalue weighted by atomic mass is 32.2. The highest BCUT2D eigenvalue weighted by Gasteiger charge is 2.35. The molecule has 0 aromatic carbocycles. The molecule has 0 unspecified atom stereocenters. The van der Waals surface area contributed by atoms with Crippen LogP contribution in [0.25, 0.3) is 0 Å². The summed E-state index contributed by atoms with van der Waals surface area (Å²) in [6.07, 6.45) is 2.76. The quantitative estimate of drug-likeness (QED) is 0.785. The largest absolute Gasteiger partial charge is 0.280 e. The second-order valence-electron chi connectivity index (χ2n) is 4.11. The van der Waals surface area contributed by atoms with Crippen molar-refractivity contribution >= 4 is 10.2 Å². The van der Waals surface area contributed by atoms with Gasteiger partial charge in [-0.1, -0.05) is 13.8 Å². The lowest BCUT2D eigenvalue weighted by Crippen LogP contribution is -2.51. The molecule has 0 saturated carbocycles. The van der Waals surface area contributed by atoms with Crippen molar-refractivity contribution < 1.29 is 8.42 Å². The van der Waals surface area contributed by atoms with Gasteiger partial charge < -0.3 is 0 Å². The summed E-state index contributed by atoms with van der Waals surface area (Å²) >= 11 is 0. The van der Waals surface area contributed by atoms with Gasteiger partial charge in [-0.2, -0.15) is 22.7 Å².